The average Bonchev–Trinajstić information content (AvgIpc) is 3.42. The van der Waals surface area contributed by atoms with Gasteiger partial charge in [0.05, 0.1) is 5.56 Å². The van der Waals surface area contributed by atoms with E-state index in [2.05, 4.69) is 70.3 Å². The highest BCUT2D eigenvalue weighted by atomic mass is 32.2. The number of hydrogen-bond acceptors (Lipinski definition) is 4. The number of hydrogen-bond donors (Lipinski definition) is 2. The molecule has 276 valence electrons. The maximum absolute atomic E-state index is 14.9. The van der Waals surface area contributed by atoms with Crippen molar-refractivity contribution in [3.63, 3.8) is 0 Å². The van der Waals surface area contributed by atoms with Crippen LogP contribution in [0.3, 0.4) is 0 Å². The second-order valence-corrected chi connectivity index (χ2v) is 21.8. The summed E-state index contributed by atoms with van der Waals surface area (Å²) in [5.41, 5.74) is 3.77. The molecule has 5 nitrogen and oxygen atoms in total. The summed E-state index contributed by atoms with van der Waals surface area (Å²) in [5, 5.41) is 13.7. The number of nitrogens with one attached hydrogen (secondary N) is 1. The van der Waals surface area contributed by atoms with Crippen LogP contribution in [0.5, 0.6) is 0 Å². The first-order valence-corrected chi connectivity index (χ1v) is 21.6. The van der Waals surface area contributed by atoms with E-state index in [9.17, 15) is 18.5 Å². The van der Waals surface area contributed by atoms with E-state index in [4.69, 9.17) is 0 Å². The first-order chi connectivity index (χ1) is 23.4. The minimum Gasteiger partial charge on any atom is -0.478 e. The summed E-state index contributed by atoms with van der Waals surface area (Å²) < 4.78 is 27.4. The molecule has 0 aromatic heterocycles. The minimum absolute atomic E-state index is 0.148. The molecule has 0 bridgehead atoms. The fourth-order valence-electron chi connectivity index (χ4n) is 13.9. The van der Waals surface area contributed by atoms with Crippen molar-refractivity contribution in [2.75, 3.05) is 37.7 Å². The summed E-state index contributed by atoms with van der Waals surface area (Å²) in [5.74, 6) is 6.49. The monoisotopic (exact) mass is 706 g/mol. The Morgan fingerprint density at radius 2 is 1.72 bits per heavy atom. The Labute approximate surface area is 301 Å². The SMILES string of the molecule is C=C(C)[C@@H]1CC[C@]2(NCCN3CCS(=C)(=O)CC3)CC[C@]3(C)[C@H](CC[C@@H]4[C@@]5(C)CC=C(c6ccc(C(=O)O)c(F)c6)C(C)(C)[C@@H]5CC[C@]43C)[C@@H]12. The predicted octanol–water partition coefficient (Wildman–Crippen LogP) is 8.55. The Morgan fingerprint density at radius 3 is 2.38 bits per heavy atom. The molecule has 1 aromatic carbocycles. The molecule has 1 aliphatic heterocycles. The molecule has 7 heteroatoms. The third-order valence-corrected chi connectivity index (χ3v) is 18.5. The Kier molecular flexibility index (Phi) is 8.95. The van der Waals surface area contributed by atoms with Crippen molar-refractivity contribution in [3.8, 4) is 0 Å². The molecule has 4 saturated carbocycles. The van der Waals surface area contributed by atoms with Crippen molar-refractivity contribution in [1.82, 2.24) is 10.2 Å². The van der Waals surface area contributed by atoms with Crippen molar-refractivity contribution >= 4 is 26.9 Å². The fourth-order valence-corrected chi connectivity index (χ4v) is 15.3. The van der Waals surface area contributed by atoms with E-state index >= 15 is 0 Å². The molecule has 1 aromatic rings. The van der Waals surface area contributed by atoms with Crippen LogP contribution in [-0.4, -0.2) is 69.3 Å². The van der Waals surface area contributed by atoms with Gasteiger partial charge in [0.2, 0.25) is 0 Å². The topological polar surface area (TPSA) is 69.6 Å². The van der Waals surface area contributed by atoms with Crippen molar-refractivity contribution in [2.45, 2.75) is 105 Å². The smallest absolute Gasteiger partial charge is 0.338 e. The third kappa shape index (κ3) is 5.44. The lowest BCUT2D eigenvalue weighted by atomic mass is 9.33. The van der Waals surface area contributed by atoms with Gasteiger partial charge in [-0.1, -0.05) is 58.9 Å². The van der Waals surface area contributed by atoms with E-state index in [1.54, 1.807) is 0 Å². The quantitative estimate of drug-likeness (QED) is 0.220. The summed E-state index contributed by atoms with van der Waals surface area (Å²) in [4.78, 5) is 14.0. The van der Waals surface area contributed by atoms with Crippen LogP contribution in [0, 0.1) is 57.1 Å². The van der Waals surface area contributed by atoms with Gasteiger partial charge < -0.3 is 15.3 Å². The van der Waals surface area contributed by atoms with Gasteiger partial charge in [0.1, 0.15) is 5.82 Å². The average molecular weight is 707 g/mol. The molecule has 6 aliphatic rings. The van der Waals surface area contributed by atoms with Gasteiger partial charge in [-0.25, -0.2) is 9.18 Å². The second kappa shape index (κ2) is 12.3. The van der Waals surface area contributed by atoms with E-state index in [-0.39, 0.29) is 32.8 Å². The summed E-state index contributed by atoms with van der Waals surface area (Å²) in [6.07, 6.45) is 13.3. The molecule has 7 rings (SSSR count). The molecule has 2 N–H and O–H groups in total. The molecule has 50 heavy (non-hydrogen) atoms. The van der Waals surface area contributed by atoms with Crippen LogP contribution in [0.1, 0.15) is 115 Å². The lowest BCUT2D eigenvalue weighted by Gasteiger charge is -2.72. The largest absolute Gasteiger partial charge is 0.478 e. The number of rotatable bonds is 7. The van der Waals surface area contributed by atoms with Gasteiger partial charge in [-0.05, 0) is 155 Å². The van der Waals surface area contributed by atoms with Crippen LogP contribution in [0.15, 0.2) is 36.4 Å². The summed E-state index contributed by atoms with van der Waals surface area (Å²) in [6, 6.07) is 4.71. The molecule has 0 radical (unpaired) electrons. The second-order valence-electron chi connectivity index (χ2n) is 19.0. The van der Waals surface area contributed by atoms with E-state index in [0.717, 1.165) is 49.7 Å². The molecule has 9 atom stereocenters. The third-order valence-electron chi connectivity index (χ3n) is 16.6. The molecule has 0 spiro atoms. The Hall–Kier alpha value is -1.96. The van der Waals surface area contributed by atoms with Gasteiger partial charge in [-0.3, -0.25) is 4.21 Å². The first kappa shape index (κ1) is 36.4. The highest BCUT2D eigenvalue weighted by molar-refractivity contribution is 8.00. The van der Waals surface area contributed by atoms with Gasteiger partial charge in [0.15, 0.2) is 0 Å². The molecular weight excluding hydrogens is 644 g/mol. The Balaban J connectivity index is 1.15. The van der Waals surface area contributed by atoms with Crippen LogP contribution in [-0.2, 0) is 9.52 Å². The highest BCUT2D eigenvalue weighted by Gasteiger charge is 2.70. The molecule has 1 heterocycles. The predicted molar refractivity (Wildman–Crippen MR) is 205 cm³/mol. The molecule has 0 unspecified atom stereocenters. The van der Waals surface area contributed by atoms with Crippen LogP contribution >= 0.6 is 0 Å². The molecule has 5 fully saturated rings. The normalized spacial score (nSPS) is 42.0. The zero-order valence-corrected chi connectivity index (χ0v) is 32.5. The summed E-state index contributed by atoms with van der Waals surface area (Å²) in [6.45, 7) is 23.4. The highest BCUT2D eigenvalue weighted by Crippen LogP contribution is 2.76. The van der Waals surface area contributed by atoms with Gasteiger partial charge in [0, 0.05) is 43.2 Å². The molecule has 5 aliphatic carbocycles. The van der Waals surface area contributed by atoms with Crippen molar-refractivity contribution in [1.29, 1.82) is 0 Å². The Bertz CT molecular complexity index is 1690. The lowest BCUT2D eigenvalue weighted by molar-refractivity contribution is -0.219. The summed E-state index contributed by atoms with van der Waals surface area (Å²) in [7, 11) is -1.88. The van der Waals surface area contributed by atoms with Crippen LogP contribution in [0.4, 0.5) is 4.39 Å². The van der Waals surface area contributed by atoms with Crippen LogP contribution < -0.4 is 5.32 Å². The molecule has 0 amide bonds. The van der Waals surface area contributed by atoms with Crippen molar-refractivity contribution < 1.29 is 18.5 Å². The van der Waals surface area contributed by atoms with E-state index in [1.165, 1.54) is 74.6 Å². The number of carbonyl (C=O) groups is 1. The maximum Gasteiger partial charge on any atom is 0.338 e. The standard InChI is InChI=1S/C43H63FN2O3S/c1-28(2)30-13-18-43(45-21-22-46-23-25-50(8,49)26-24-46)20-19-41(6)33(37(30)43)11-12-36-40(5)16-14-32(29-9-10-31(38(47)48)34(44)27-29)39(3,4)35(40)15-17-42(36,41)7/h9-10,14,27,30,33,35-37,45H,1,8,11-13,15-26H2,2-7H3,(H,47,48)/t30-,33+,35-,36+,37+,40-,41+,42+,43-/m0/s1. The van der Waals surface area contributed by atoms with Crippen molar-refractivity contribution in [2.24, 2.45) is 51.2 Å². The van der Waals surface area contributed by atoms with Gasteiger partial charge in [0.25, 0.3) is 0 Å². The zero-order valence-electron chi connectivity index (χ0n) is 31.7. The van der Waals surface area contributed by atoms with Gasteiger partial charge in [-0.2, -0.15) is 0 Å². The number of nitrogens with zero attached hydrogens (tertiary/aromatic N) is 1. The van der Waals surface area contributed by atoms with Crippen LogP contribution in [0.2, 0.25) is 0 Å². The number of aromatic carboxylic acids is 1. The maximum atomic E-state index is 14.9. The number of halogens is 1. The Morgan fingerprint density at radius 1 is 1.00 bits per heavy atom. The number of allylic oxidation sites excluding steroid dienone is 3. The number of fused-ring (bicyclic) bond motifs is 7. The molecular formula is C43H63FN2O3S. The molecule has 1 saturated heterocycles. The van der Waals surface area contributed by atoms with Gasteiger partial charge in [-0.15, -0.1) is 0 Å². The van der Waals surface area contributed by atoms with E-state index < -0.39 is 21.3 Å². The lowest BCUT2D eigenvalue weighted by Crippen LogP contribution is -2.68. The van der Waals surface area contributed by atoms with Gasteiger partial charge >= 0.3 is 5.97 Å². The fraction of sp³-hybridized carbons (Fsp3) is 0.721. The number of carboxylic acid groups (broad SMARTS) is 1. The minimum atomic E-state index is -1.88. The van der Waals surface area contributed by atoms with E-state index in [1.807, 2.05) is 6.07 Å². The first-order valence-electron chi connectivity index (χ1n) is 19.6. The number of carboxylic acids is 1. The summed E-state index contributed by atoms with van der Waals surface area (Å²) >= 11 is 0. The van der Waals surface area contributed by atoms with Crippen LogP contribution in [0.25, 0.3) is 5.57 Å². The van der Waals surface area contributed by atoms with E-state index in [0.29, 0.717) is 29.6 Å². The zero-order chi connectivity index (χ0) is 36.1. The van der Waals surface area contributed by atoms with Crippen molar-refractivity contribution in [3.05, 3.63) is 53.4 Å². The number of benzene rings is 1.